The third-order valence-electron chi connectivity index (χ3n) is 5.91. The van der Waals surface area contributed by atoms with E-state index in [-0.39, 0.29) is 11.9 Å². The van der Waals surface area contributed by atoms with Crippen LogP contribution < -0.4 is 14.8 Å². The van der Waals surface area contributed by atoms with Gasteiger partial charge in [-0.2, -0.15) is 0 Å². The Hall–Kier alpha value is -4.45. The van der Waals surface area contributed by atoms with Gasteiger partial charge in [0.25, 0.3) is 0 Å². The van der Waals surface area contributed by atoms with Gasteiger partial charge in [0.05, 0.1) is 59.7 Å². The number of hydrogen-bond acceptors (Lipinski definition) is 10. The van der Waals surface area contributed by atoms with Crippen LogP contribution in [0.4, 0.5) is 14.9 Å². The largest absolute Gasteiger partial charge is 0.487 e. The third-order valence-corrected chi connectivity index (χ3v) is 7.08. The zero-order valence-electron chi connectivity index (χ0n) is 21.9. The maximum atomic E-state index is 14.4. The molecule has 0 saturated heterocycles. The number of aryl methyl sites for hydroxylation is 2. The molecule has 0 fully saturated rings. The van der Waals surface area contributed by atoms with Gasteiger partial charge in [-0.15, -0.1) is 11.3 Å². The summed E-state index contributed by atoms with van der Waals surface area (Å²) < 4.78 is 30.6. The highest BCUT2D eigenvalue weighted by atomic mass is 32.1. The number of rotatable bonds is 3. The molecule has 12 heteroatoms. The number of carbonyl (C=O) groups is 1. The summed E-state index contributed by atoms with van der Waals surface area (Å²) in [6.07, 6.45) is 4.77. The Labute approximate surface area is 227 Å². The van der Waals surface area contributed by atoms with Crippen LogP contribution in [0.5, 0.6) is 11.6 Å². The van der Waals surface area contributed by atoms with E-state index in [9.17, 15) is 9.18 Å². The number of hydrogen-bond donors (Lipinski definition) is 1. The zero-order chi connectivity index (χ0) is 27.7. The first-order chi connectivity index (χ1) is 18.7. The molecule has 10 nitrogen and oxygen atoms in total. The molecule has 4 heterocycles. The minimum atomic E-state index is -0.526. The lowest BCUT2D eigenvalue weighted by atomic mass is 10.1. The molecule has 1 atom stereocenters. The number of benzene rings is 2. The average molecular weight is 549 g/mol. The Kier molecular flexibility index (Phi) is 7.20. The van der Waals surface area contributed by atoms with Gasteiger partial charge in [0.2, 0.25) is 5.88 Å². The maximum Gasteiger partial charge on any atom is 0.411 e. The van der Waals surface area contributed by atoms with Gasteiger partial charge in [0, 0.05) is 23.6 Å². The van der Waals surface area contributed by atoms with Gasteiger partial charge < -0.3 is 14.2 Å². The van der Waals surface area contributed by atoms with Crippen molar-refractivity contribution in [1.82, 2.24) is 24.9 Å². The SMILES string of the molecule is COC(=O)Nc1cnc(C)nc1.COc1cnc2c(-c3nc4cc(F)c5c(c4s3)CC(C)O5)cc(C)cc2n1. The molecule has 0 spiro atoms. The molecule has 0 radical (unpaired) electrons. The van der Waals surface area contributed by atoms with Crippen LogP contribution in [0.1, 0.15) is 23.9 Å². The smallest absolute Gasteiger partial charge is 0.411 e. The number of thiazole rings is 1. The number of nitrogens with zero attached hydrogens (tertiary/aromatic N) is 5. The molecule has 2 aromatic carbocycles. The van der Waals surface area contributed by atoms with Gasteiger partial charge in [-0.05, 0) is 38.5 Å². The standard InChI is InChI=1S/C20H16FN3O2S.C7H9N3O2/c1-9-4-11(17-14(5-9)23-16(25-3)8-22-17)20-24-15-7-13(21)18-12(19(15)27-20)6-10(2)26-18;1-5-8-3-6(4-9-5)10-7(11)12-2/h4-5,7-8,10H,6H2,1-3H3;3-4H,1-2H3,(H,10,11). The van der Waals surface area contributed by atoms with E-state index in [2.05, 4.69) is 30.0 Å². The summed E-state index contributed by atoms with van der Waals surface area (Å²) in [5.74, 6) is 1.14. The van der Waals surface area contributed by atoms with Crippen LogP contribution in [0, 0.1) is 19.7 Å². The molecule has 1 unspecified atom stereocenters. The summed E-state index contributed by atoms with van der Waals surface area (Å²) in [5, 5.41) is 3.23. The predicted molar refractivity (Wildman–Crippen MR) is 146 cm³/mol. The fourth-order valence-electron chi connectivity index (χ4n) is 4.17. The van der Waals surface area contributed by atoms with Crippen molar-refractivity contribution in [3.05, 3.63) is 59.6 Å². The molecular formula is C27H25FN6O4S. The highest BCUT2D eigenvalue weighted by molar-refractivity contribution is 7.22. The van der Waals surface area contributed by atoms with Crippen LogP contribution in [0.15, 0.2) is 36.8 Å². The van der Waals surface area contributed by atoms with Crippen LogP contribution in [-0.2, 0) is 11.2 Å². The van der Waals surface area contributed by atoms with Gasteiger partial charge in [-0.1, -0.05) is 0 Å². The summed E-state index contributed by atoms with van der Waals surface area (Å²) in [6, 6.07) is 5.46. The number of anilines is 1. The van der Waals surface area contributed by atoms with E-state index in [0.717, 1.165) is 37.4 Å². The molecule has 39 heavy (non-hydrogen) atoms. The monoisotopic (exact) mass is 548 g/mol. The van der Waals surface area contributed by atoms with Gasteiger partial charge in [-0.3, -0.25) is 5.32 Å². The molecule has 0 aliphatic carbocycles. The molecular weight excluding hydrogens is 523 g/mol. The zero-order valence-corrected chi connectivity index (χ0v) is 22.7. The van der Waals surface area contributed by atoms with E-state index in [1.165, 1.54) is 25.6 Å². The number of carbonyl (C=O) groups excluding carboxylic acids is 1. The van der Waals surface area contributed by atoms with Crippen LogP contribution in [-0.4, -0.2) is 51.3 Å². The van der Waals surface area contributed by atoms with E-state index in [1.807, 2.05) is 26.0 Å². The Balaban J connectivity index is 0.000000217. The quantitative estimate of drug-likeness (QED) is 0.305. The summed E-state index contributed by atoms with van der Waals surface area (Å²) in [6.45, 7) is 5.72. The van der Waals surface area contributed by atoms with Crippen LogP contribution in [0.25, 0.3) is 31.8 Å². The fourth-order valence-corrected chi connectivity index (χ4v) is 5.28. The predicted octanol–water partition coefficient (Wildman–Crippen LogP) is 5.65. The Morgan fingerprint density at radius 2 is 1.85 bits per heavy atom. The molecule has 1 amide bonds. The lowest BCUT2D eigenvalue weighted by molar-refractivity contribution is 0.187. The van der Waals surface area contributed by atoms with E-state index in [1.54, 1.807) is 31.6 Å². The number of ether oxygens (including phenoxy) is 3. The first kappa shape index (κ1) is 26.2. The summed E-state index contributed by atoms with van der Waals surface area (Å²) >= 11 is 1.54. The third kappa shape index (κ3) is 5.41. The minimum Gasteiger partial charge on any atom is -0.487 e. The van der Waals surface area contributed by atoms with Gasteiger partial charge >= 0.3 is 6.09 Å². The van der Waals surface area contributed by atoms with Crippen LogP contribution in [0.2, 0.25) is 0 Å². The topological polar surface area (TPSA) is 121 Å². The second-order valence-corrected chi connectivity index (χ2v) is 9.89. The molecule has 3 aromatic heterocycles. The summed E-state index contributed by atoms with van der Waals surface area (Å²) in [7, 11) is 2.86. The minimum absolute atomic E-state index is 0.0243. The lowest BCUT2D eigenvalue weighted by Crippen LogP contribution is -2.11. The number of aromatic nitrogens is 5. The lowest BCUT2D eigenvalue weighted by Gasteiger charge is -2.06. The van der Waals surface area contributed by atoms with Crippen molar-refractivity contribution in [1.29, 1.82) is 0 Å². The molecule has 5 aromatic rings. The van der Waals surface area contributed by atoms with Crippen molar-refractivity contribution in [2.75, 3.05) is 19.5 Å². The molecule has 200 valence electrons. The molecule has 1 aliphatic heterocycles. The number of fused-ring (bicyclic) bond motifs is 4. The molecule has 1 N–H and O–H groups in total. The number of nitrogens with one attached hydrogen (secondary N) is 1. The first-order valence-corrected chi connectivity index (χ1v) is 12.8. The van der Waals surface area contributed by atoms with Crippen LogP contribution in [0.3, 0.4) is 0 Å². The highest BCUT2D eigenvalue weighted by Crippen LogP contribution is 2.43. The van der Waals surface area contributed by atoms with Gasteiger partial charge in [0.1, 0.15) is 16.9 Å². The first-order valence-electron chi connectivity index (χ1n) is 12.0. The summed E-state index contributed by atoms with van der Waals surface area (Å²) in [5.41, 5.74) is 5.52. The molecule has 6 rings (SSSR count). The second-order valence-electron chi connectivity index (χ2n) is 8.89. The van der Waals surface area contributed by atoms with E-state index in [4.69, 9.17) is 14.5 Å². The van der Waals surface area contributed by atoms with Crippen molar-refractivity contribution in [3.8, 4) is 22.2 Å². The number of halogens is 1. The number of methoxy groups -OCH3 is 2. The Bertz CT molecular complexity index is 1690. The molecule has 0 saturated carbocycles. The van der Waals surface area contributed by atoms with Gasteiger partial charge in [-0.25, -0.2) is 34.1 Å². The number of amides is 1. The highest BCUT2D eigenvalue weighted by Gasteiger charge is 2.27. The van der Waals surface area contributed by atoms with Crippen molar-refractivity contribution in [2.45, 2.75) is 33.3 Å². The van der Waals surface area contributed by atoms with Crippen molar-refractivity contribution >= 4 is 44.4 Å². The Morgan fingerprint density at radius 1 is 1.08 bits per heavy atom. The fraction of sp³-hybridized carbons (Fsp3) is 0.259. The molecule has 0 bridgehead atoms. The van der Waals surface area contributed by atoms with Crippen molar-refractivity contribution < 1.29 is 23.4 Å². The normalized spacial score (nSPS) is 13.8. The second kappa shape index (κ2) is 10.7. The van der Waals surface area contributed by atoms with E-state index < -0.39 is 6.09 Å². The van der Waals surface area contributed by atoms with Gasteiger partial charge in [0.15, 0.2) is 11.6 Å². The maximum absolute atomic E-state index is 14.4. The van der Waals surface area contributed by atoms with E-state index in [0.29, 0.717) is 35.1 Å². The average Bonchev–Trinajstić information content (AvgIpc) is 3.53. The van der Waals surface area contributed by atoms with Crippen molar-refractivity contribution in [2.24, 2.45) is 0 Å². The van der Waals surface area contributed by atoms with Crippen LogP contribution >= 0.6 is 11.3 Å². The summed E-state index contributed by atoms with van der Waals surface area (Å²) in [4.78, 5) is 32.2. The Morgan fingerprint density at radius 3 is 2.56 bits per heavy atom. The van der Waals surface area contributed by atoms with Crippen molar-refractivity contribution in [3.63, 3.8) is 0 Å². The molecule has 1 aliphatic rings. The van der Waals surface area contributed by atoms with E-state index >= 15 is 0 Å².